The maximum atomic E-state index is 12.2. The number of anilines is 1. The van der Waals surface area contributed by atoms with Gasteiger partial charge < -0.3 is 20.5 Å². The van der Waals surface area contributed by atoms with E-state index in [4.69, 9.17) is 15.2 Å². The van der Waals surface area contributed by atoms with Crippen molar-refractivity contribution in [3.8, 4) is 11.5 Å². The van der Waals surface area contributed by atoms with Crippen molar-refractivity contribution in [2.24, 2.45) is 5.73 Å². The van der Waals surface area contributed by atoms with Gasteiger partial charge in [0.05, 0.1) is 6.61 Å². The van der Waals surface area contributed by atoms with Crippen LogP contribution in [0.15, 0.2) is 36.4 Å². The third-order valence-corrected chi connectivity index (χ3v) is 3.88. The van der Waals surface area contributed by atoms with E-state index in [0.717, 1.165) is 28.8 Å². The molecule has 1 unspecified atom stereocenters. The summed E-state index contributed by atoms with van der Waals surface area (Å²) < 4.78 is 11.3. The molecule has 0 spiro atoms. The number of benzene rings is 2. The molecule has 3 N–H and O–H groups in total. The zero-order chi connectivity index (χ0) is 19.1. The van der Waals surface area contributed by atoms with Gasteiger partial charge in [-0.2, -0.15) is 0 Å². The van der Waals surface area contributed by atoms with Crippen molar-refractivity contribution in [1.29, 1.82) is 0 Å². The Hall–Kier alpha value is -2.24. The molecule has 0 radical (unpaired) electrons. The Morgan fingerprint density at radius 2 is 1.85 bits per heavy atom. The van der Waals surface area contributed by atoms with E-state index >= 15 is 0 Å². The lowest BCUT2D eigenvalue weighted by Gasteiger charge is -2.14. The van der Waals surface area contributed by atoms with Gasteiger partial charge in [-0.05, 0) is 63.4 Å². The smallest absolute Gasteiger partial charge is 0.262 e. The molecule has 5 nitrogen and oxygen atoms in total. The molecule has 0 saturated heterocycles. The van der Waals surface area contributed by atoms with Crippen LogP contribution < -0.4 is 20.5 Å². The summed E-state index contributed by atoms with van der Waals surface area (Å²) in [5, 5.41) is 2.88. The van der Waals surface area contributed by atoms with E-state index in [1.165, 1.54) is 0 Å². The number of carbonyl (C=O) groups is 1. The van der Waals surface area contributed by atoms with Crippen molar-refractivity contribution in [1.82, 2.24) is 0 Å². The molecular formula is C21H29ClN2O3. The molecule has 0 aromatic heterocycles. The third-order valence-electron chi connectivity index (χ3n) is 3.88. The van der Waals surface area contributed by atoms with E-state index in [2.05, 4.69) is 5.32 Å². The number of amides is 1. The summed E-state index contributed by atoms with van der Waals surface area (Å²) in [6.45, 7) is 8.30. The molecule has 0 aliphatic rings. The van der Waals surface area contributed by atoms with Crippen LogP contribution in [0.25, 0.3) is 0 Å². The van der Waals surface area contributed by atoms with Crippen LogP contribution in [0.3, 0.4) is 0 Å². The number of nitrogens with two attached hydrogens (primary N) is 1. The van der Waals surface area contributed by atoms with Gasteiger partial charge in [-0.15, -0.1) is 12.4 Å². The summed E-state index contributed by atoms with van der Waals surface area (Å²) in [6, 6.07) is 11.7. The molecule has 6 heteroatoms. The van der Waals surface area contributed by atoms with E-state index in [0.29, 0.717) is 18.1 Å². The van der Waals surface area contributed by atoms with Gasteiger partial charge in [-0.3, -0.25) is 4.79 Å². The average molecular weight is 393 g/mol. The minimum atomic E-state index is -0.209. The molecule has 148 valence electrons. The lowest BCUT2D eigenvalue weighted by molar-refractivity contribution is -0.118. The molecule has 2 aromatic carbocycles. The van der Waals surface area contributed by atoms with Gasteiger partial charge >= 0.3 is 0 Å². The molecule has 0 aliphatic carbocycles. The van der Waals surface area contributed by atoms with Crippen molar-refractivity contribution in [2.45, 2.75) is 40.2 Å². The van der Waals surface area contributed by atoms with E-state index in [1.54, 1.807) is 0 Å². The quantitative estimate of drug-likeness (QED) is 0.711. The Kier molecular flexibility index (Phi) is 9.12. The molecule has 1 amide bonds. The van der Waals surface area contributed by atoms with Crippen LogP contribution in [0.2, 0.25) is 0 Å². The number of ether oxygens (including phenoxy) is 2. The normalized spacial score (nSPS) is 11.3. The van der Waals surface area contributed by atoms with Gasteiger partial charge in [-0.25, -0.2) is 0 Å². The minimum Gasteiger partial charge on any atom is -0.490 e. The van der Waals surface area contributed by atoms with Crippen molar-refractivity contribution in [3.05, 3.63) is 53.1 Å². The second-order valence-corrected chi connectivity index (χ2v) is 6.55. The number of rotatable bonds is 8. The zero-order valence-corrected chi connectivity index (χ0v) is 17.2. The first kappa shape index (κ1) is 22.8. The summed E-state index contributed by atoms with van der Waals surface area (Å²) in [5.74, 6) is 0.972. The van der Waals surface area contributed by atoms with Gasteiger partial charge in [0.25, 0.3) is 5.91 Å². The van der Waals surface area contributed by atoms with E-state index in [-0.39, 0.29) is 31.0 Å². The summed E-state index contributed by atoms with van der Waals surface area (Å²) in [7, 11) is 0. The standard InChI is InChI=1S/C21H28N2O3.ClH/c1-5-25-20-12-17(11-16(4)22)7-9-19(20)26-13-21(24)23-18-8-6-14(2)10-15(18)3;/h6-10,12,16H,5,11,13,22H2,1-4H3,(H,23,24);1H. The Balaban J connectivity index is 0.00000364. The number of hydrogen-bond donors (Lipinski definition) is 2. The molecule has 2 aromatic rings. The Morgan fingerprint density at radius 1 is 1.11 bits per heavy atom. The summed E-state index contributed by atoms with van der Waals surface area (Å²) in [4.78, 5) is 12.2. The molecule has 0 bridgehead atoms. The highest BCUT2D eigenvalue weighted by molar-refractivity contribution is 5.92. The number of hydrogen-bond acceptors (Lipinski definition) is 4. The number of nitrogens with one attached hydrogen (secondary N) is 1. The fourth-order valence-corrected chi connectivity index (χ4v) is 2.72. The Labute approximate surface area is 167 Å². The third kappa shape index (κ3) is 7.12. The molecule has 0 heterocycles. The van der Waals surface area contributed by atoms with Gasteiger partial charge in [0.15, 0.2) is 18.1 Å². The zero-order valence-electron chi connectivity index (χ0n) is 16.4. The lowest BCUT2D eigenvalue weighted by atomic mass is 10.1. The van der Waals surface area contributed by atoms with Crippen LogP contribution in [0.1, 0.15) is 30.5 Å². The number of aryl methyl sites for hydroxylation is 2. The Morgan fingerprint density at radius 3 is 2.48 bits per heavy atom. The number of halogens is 1. The van der Waals surface area contributed by atoms with Crippen LogP contribution in [-0.2, 0) is 11.2 Å². The highest BCUT2D eigenvalue weighted by Gasteiger charge is 2.11. The second kappa shape index (κ2) is 10.8. The molecule has 0 aliphatic heterocycles. The van der Waals surface area contributed by atoms with Crippen LogP contribution in [0, 0.1) is 13.8 Å². The predicted octanol–water partition coefficient (Wildman–Crippen LogP) is 4.03. The van der Waals surface area contributed by atoms with Crippen LogP contribution in [0.5, 0.6) is 11.5 Å². The minimum absolute atomic E-state index is 0. The van der Waals surface area contributed by atoms with E-state index in [1.807, 2.05) is 64.1 Å². The number of carbonyl (C=O) groups excluding carboxylic acids is 1. The highest BCUT2D eigenvalue weighted by Crippen LogP contribution is 2.29. The van der Waals surface area contributed by atoms with Gasteiger partial charge in [-0.1, -0.05) is 23.8 Å². The molecule has 27 heavy (non-hydrogen) atoms. The second-order valence-electron chi connectivity index (χ2n) is 6.55. The molecule has 0 saturated carbocycles. The molecule has 2 rings (SSSR count). The van der Waals surface area contributed by atoms with Crippen LogP contribution >= 0.6 is 12.4 Å². The predicted molar refractivity (Wildman–Crippen MR) is 112 cm³/mol. The van der Waals surface area contributed by atoms with Crippen LogP contribution in [-0.4, -0.2) is 25.2 Å². The first-order chi connectivity index (χ1) is 12.4. The molecule has 0 fully saturated rings. The first-order valence-corrected chi connectivity index (χ1v) is 8.90. The maximum absolute atomic E-state index is 12.2. The lowest BCUT2D eigenvalue weighted by Crippen LogP contribution is -2.21. The topological polar surface area (TPSA) is 73.6 Å². The summed E-state index contributed by atoms with van der Waals surface area (Å²) in [6.07, 6.45) is 0.757. The van der Waals surface area contributed by atoms with Crippen molar-refractivity contribution >= 4 is 24.0 Å². The summed E-state index contributed by atoms with van der Waals surface area (Å²) >= 11 is 0. The highest BCUT2D eigenvalue weighted by atomic mass is 35.5. The van der Waals surface area contributed by atoms with Gasteiger partial charge in [0.2, 0.25) is 0 Å². The van der Waals surface area contributed by atoms with Crippen molar-refractivity contribution in [3.63, 3.8) is 0 Å². The SMILES string of the molecule is CCOc1cc(CC(C)N)ccc1OCC(=O)Nc1ccc(C)cc1C.Cl. The van der Waals surface area contributed by atoms with Gasteiger partial charge in [0.1, 0.15) is 0 Å². The van der Waals surface area contributed by atoms with Crippen molar-refractivity contribution < 1.29 is 14.3 Å². The first-order valence-electron chi connectivity index (χ1n) is 8.90. The fraction of sp³-hybridized carbons (Fsp3) is 0.381. The summed E-state index contributed by atoms with van der Waals surface area (Å²) in [5.41, 5.74) is 9.91. The van der Waals surface area contributed by atoms with Crippen molar-refractivity contribution in [2.75, 3.05) is 18.5 Å². The van der Waals surface area contributed by atoms with E-state index in [9.17, 15) is 4.79 Å². The van der Waals surface area contributed by atoms with Gasteiger partial charge in [0, 0.05) is 11.7 Å². The molecular weight excluding hydrogens is 364 g/mol. The Bertz CT molecular complexity index is 763. The maximum Gasteiger partial charge on any atom is 0.262 e. The van der Waals surface area contributed by atoms with E-state index < -0.39 is 0 Å². The molecule has 1 atom stereocenters. The van der Waals surface area contributed by atoms with Crippen LogP contribution in [0.4, 0.5) is 5.69 Å². The average Bonchev–Trinajstić information content (AvgIpc) is 2.56. The largest absolute Gasteiger partial charge is 0.490 e. The monoisotopic (exact) mass is 392 g/mol. The fourth-order valence-electron chi connectivity index (χ4n) is 2.72.